The summed E-state index contributed by atoms with van der Waals surface area (Å²) in [6.45, 7) is 1.35. The van der Waals surface area contributed by atoms with E-state index in [1.54, 1.807) is 4.90 Å². The van der Waals surface area contributed by atoms with E-state index >= 15 is 0 Å². The first-order chi connectivity index (χ1) is 10.1. The van der Waals surface area contributed by atoms with Crippen LogP contribution in [0.2, 0.25) is 0 Å². The number of carbonyl (C=O) groups is 2. The fourth-order valence-electron chi connectivity index (χ4n) is 2.14. The second-order valence-electron chi connectivity index (χ2n) is 4.74. The molecule has 3 N–H and O–H groups in total. The first-order valence-corrected chi connectivity index (χ1v) is 7.51. The van der Waals surface area contributed by atoms with E-state index in [0.717, 1.165) is 10.0 Å². The van der Waals surface area contributed by atoms with E-state index in [1.165, 1.54) is 0 Å². The molecular weight excluding hydrogens is 374 g/mol. The number of nitrogens with zero attached hydrogens (tertiary/aromatic N) is 1. The quantitative estimate of drug-likeness (QED) is 0.795. The highest BCUT2D eigenvalue weighted by Gasteiger charge is 2.25. The van der Waals surface area contributed by atoms with Gasteiger partial charge in [-0.05, 0) is 17.7 Å². The molecule has 0 saturated carbocycles. The first-order valence-electron chi connectivity index (χ1n) is 6.71. The Bertz CT molecular complexity index is 530. The molecule has 1 fully saturated rings. The number of hydrogen-bond donors (Lipinski definition) is 2. The van der Waals surface area contributed by atoms with E-state index in [0.29, 0.717) is 19.7 Å². The Hall–Kier alpha value is -1.15. The smallest absolute Gasteiger partial charge is 0.242 e. The van der Waals surface area contributed by atoms with Crippen LogP contribution in [0.5, 0.6) is 0 Å². The minimum absolute atomic E-state index is 0. The molecule has 1 unspecified atom stereocenters. The Morgan fingerprint density at radius 3 is 2.91 bits per heavy atom. The lowest BCUT2D eigenvalue weighted by molar-refractivity contribution is -0.139. The van der Waals surface area contributed by atoms with Crippen molar-refractivity contribution in [3.05, 3.63) is 34.3 Å². The Morgan fingerprint density at radius 1 is 1.45 bits per heavy atom. The van der Waals surface area contributed by atoms with Crippen molar-refractivity contribution in [2.45, 2.75) is 6.10 Å². The number of nitrogens with two attached hydrogens (primary N) is 1. The van der Waals surface area contributed by atoms with E-state index in [4.69, 9.17) is 10.5 Å². The molecule has 0 aliphatic carbocycles. The monoisotopic (exact) mass is 391 g/mol. The number of benzene rings is 1. The van der Waals surface area contributed by atoms with Gasteiger partial charge in [0.15, 0.2) is 0 Å². The van der Waals surface area contributed by atoms with Crippen molar-refractivity contribution in [2.24, 2.45) is 5.73 Å². The van der Waals surface area contributed by atoms with Crippen molar-refractivity contribution in [3.8, 4) is 0 Å². The van der Waals surface area contributed by atoms with Gasteiger partial charge in [-0.15, -0.1) is 12.4 Å². The summed E-state index contributed by atoms with van der Waals surface area (Å²) in [5.41, 5.74) is 6.21. The number of amides is 2. The molecule has 0 aromatic heterocycles. The van der Waals surface area contributed by atoms with E-state index in [1.807, 2.05) is 24.3 Å². The molecule has 1 atom stereocenters. The number of nitrogens with one attached hydrogen (secondary N) is 1. The molecule has 0 radical (unpaired) electrons. The number of rotatable bonds is 4. The second kappa shape index (κ2) is 9.09. The van der Waals surface area contributed by atoms with Gasteiger partial charge < -0.3 is 20.7 Å². The second-order valence-corrected chi connectivity index (χ2v) is 5.65. The summed E-state index contributed by atoms with van der Waals surface area (Å²) in [5.74, 6) is -0.458. The van der Waals surface area contributed by atoms with Gasteiger partial charge in [0.05, 0.1) is 26.2 Å². The number of hydrogen-bond acceptors (Lipinski definition) is 4. The third kappa shape index (κ3) is 5.24. The molecule has 1 aliphatic heterocycles. The normalized spacial score (nSPS) is 17.5. The highest BCUT2D eigenvalue weighted by atomic mass is 79.9. The summed E-state index contributed by atoms with van der Waals surface area (Å²) in [4.78, 5) is 24.9. The Balaban J connectivity index is 0.00000242. The molecule has 0 bridgehead atoms. The van der Waals surface area contributed by atoms with E-state index < -0.39 is 0 Å². The molecule has 1 aromatic carbocycles. The van der Waals surface area contributed by atoms with Gasteiger partial charge in [-0.1, -0.05) is 28.1 Å². The molecule has 6 nitrogen and oxygen atoms in total. The summed E-state index contributed by atoms with van der Waals surface area (Å²) in [6.07, 6.45) is -0.148. The number of morpholine rings is 1. The third-order valence-corrected chi connectivity index (χ3v) is 3.76. The standard InChI is InChI=1S/C14H18BrN3O3.ClH/c15-11-3-1-2-10(6-11)12-9-18(4-5-21-12)14(20)8-17-13(19)7-16;/h1-3,6,12H,4-5,7-9,16H2,(H,17,19);1H. The summed E-state index contributed by atoms with van der Waals surface area (Å²) < 4.78 is 6.70. The van der Waals surface area contributed by atoms with Crippen LogP contribution in [0, 0.1) is 0 Å². The minimum atomic E-state index is -0.333. The molecule has 22 heavy (non-hydrogen) atoms. The van der Waals surface area contributed by atoms with Gasteiger partial charge in [-0.3, -0.25) is 9.59 Å². The predicted octanol–water partition coefficient (Wildman–Crippen LogP) is 0.846. The zero-order chi connectivity index (χ0) is 15.2. The maximum atomic E-state index is 12.1. The van der Waals surface area contributed by atoms with Crippen molar-refractivity contribution in [1.29, 1.82) is 0 Å². The Morgan fingerprint density at radius 2 is 2.23 bits per heavy atom. The van der Waals surface area contributed by atoms with Crippen LogP contribution in [0.1, 0.15) is 11.7 Å². The number of ether oxygens (including phenoxy) is 1. The SMILES string of the molecule is Cl.NCC(=O)NCC(=O)N1CCOC(c2cccc(Br)c2)C1. The molecule has 2 rings (SSSR count). The first kappa shape index (κ1) is 18.9. The van der Waals surface area contributed by atoms with Crippen LogP contribution >= 0.6 is 28.3 Å². The van der Waals surface area contributed by atoms with Crippen molar-refractivity contribution in [1.82, 2.24) is 10.2 Å². The Labute approximate surface area is 143 Å². The van der Waals surface area contributed by atoms with Crippen LogP contribution in [-0.4, -0.2) is 49.5 Å². The number of halogens is 2. The van der Waals surface area contributed by atoms with Crippen molar-refractivity contribution >= 4 is 40.2 Å². The predicted molar refractivity (Wildman–Crippen MR) is 88.7 cm³/mol. The highest BCUT2D eigenvalue weighted by molar-refractivity contribution is 9.10. The minimum Gasteiger partial charge on any atom is -0.370 e. The molecule has 122 valence electrons. The maximum absolute atomic E-state index is 12.1. The largest absolute Gasteiger partial charge is 0.370 e. The van der Waals surface area contributed by atoms with Crippen LogP contribution in [0.4, 0.5) is 0 Å². The fourth-order valence-corrected chi connectivity index (χ4v) is 2.56. The highest BCUT2D eigenvalue weighted by Crippen LogP contribution is 2.24. The van der Waals surface area contributed by atoms with Gasteiger partial charge in [-0.2, -0.15) is 0 Å². The molecule has 1 aliphatic rings. The number of carbonyl (C=O) groups excluding carboxylic acids is 2. The molecule has 1 aromatic rings. The summed E-state index contributed by atoms with van der Waals surface area (Å²) >= 11 is 3.43. The van der Waals surface area contributed by atoms with Crippen LogP contribution in [0.15, 0.2) is 28.7 Å². The lowest BCUT2D eigenvalue weighted by Gasteiger charge is -2.33. The Kier molecular flexibility index (Phi) is 7.81. The van der Waals surface area contributed by atoms with E-state index in [-0.39, 0.29) is 43.4 Å². The molecule has 1 heterocycles. The molecule has 8 heteroatoms. The van der Waals surface area contributed by atoms with Gasteiger partial charge >= 0.3 is 0 Å². The van der Waals surface area contributed by atoms with Crippen LogP contribution < -0.4 is 11.1 Å². The van der Waals surface area contributed by atoms with Gasteiger partial charge in [0, 0.05) is 11.0 Å². The van der Waals surface area contributed by atoms with Gasteiger partial charge in [0.25, 0.3) is 0 Å². The van der Waals surface area contributed by atoms with Gasteiger partial charge in [0.1, 0.15) is 6.10 Å². The van der Waals surface area contributed by atoms with Gasteiger partial charge in [-0.25, -0.2) is 0 Å². The van der Waals surface area contributed by atoms with E-state index in [2.05, 4.69) is 21.2 Å². The van der Waals surface area contributed by atoms with Crippen molar-refractivity contribution < 1.29 is 14.3 Å². The molecule has 1 saturated heterocycles. The lowest BCUT2D eigenvalue weighted by atomic mass is 10.1. The molecular formula is C14H19BrClN3O3. The zero-order valence-electron chi connectivity index (χ0n) is 12.0. The third-order valence-electron chi connectivity index (χ3n) is 3.26. The average molecular weight is 393 g/mol. The van der Waals surface area contributed by atoms with Crippen molar-refractivity contribution in [3.63, 3.8) is 0 Å². The van der Waals surface area contributed by atoms with Crippen LogP contribution in [0.25, 0.3) is 0 Å². The summed E-state index contributed by atoms with van der Waals surface area (Å²) in [7, 11) is 0. The topological polar surface area (TPSA) is 84.7 Å². The van der Waals surface area contributed by atoms with Crippen LogP contribution in [-0.2, 0) is 14.3 Å². The fraction of sp³-hybridized carbons (Fsp3) is 0.429. The summed E-state index contributed by atoms with van der Waals surface area (Å²) in [6, 6.07) is 7.83. The molecule has 2 amide bonds. The van der Waals surface area contributed by atoms with E-state index in [9.17, 15) is 9.59 Å². The lowest BCUT2D eigenvalue weighted by Crippen LogP contribution is -2.47. The average Bonchev–Trinajstić information content (AvgIpc) is 2.52. The summed E-state index contributed by atoms with van der Waals surface area (Å²) in [5, 5.41) is 2.49. The van der Waals surface area contributed by atoms with Gasteiger partial charge in [0.2, 0.25) is 11.8 Å². The van der Waals surface area contributed by atoms with Crippen LogP contribution in [0.3, 0.4) is 0 Å². The maximum Gasteiger partial charge on any atom is 0.242 e. The molecule has 0 spiro atoms. The van der Waals surface area contributed by atoms with Crippen molar-refractivity contribution in [2.75, 3.05) is 32.8 Å². The zero-order valence-corrected chi connectivity index (χ0v) is 14.4.